The molecule has 19 heteroatoms. The summed E-state index contributed by atoms with van der Waals surface area (Å²) in [6.07, 6.45) is 43.0. The van der Waals surface area contributed by atoms with Gasteiger partial charge in [0.1, 0.15) is 19.3 Å². The maximum atomic E-state index is 13.0. The van der Waals surface area contributed by atoms with Gasteiger partial charge in [0, 0.05) is 25.7 Å². The summed E-state index contributed by atoms with van der Waals surface area (Å²) in [6.45, 7) is 7.17. The maximum Gasteiger partial charge on any atom is 0.472 e. The van der Waals surface area contributed by atoms with Gasteiger partial charge in [0.25, 0.3) is 0 Å². The lowest BCUT2D eigenvalue weighted by molar-refractivity contribution is -0.161. The molecule has 0 amide bonds. The Labute approximate surface area is 511 Å². The fraction of sp³-hybridized carbons (Fsp3) is 0.938. The van der Waals surface area contributed by atoms with Crippen molar-refractivity contribution in [1.82, 2.24) is 0 Å². The van der Waals surface area contributed by atoms with Crippen molar-refractivity contribution in [3.05, 3.63) is 0 Å². The predicted molar refractivity (Wildman–Crippen MR) is 335 cm³/mol. The van der Waals surface area contributed by atoms with Crippen molar-refractivity contribution in [2.45, 2.75) is 348 Å². The molecule has 0 aliphatic carbocycles. The van der Waals surface area contributed by atoms with Gasteiger partial charge in [-0.2, -0.15) is 0 Å². The Kier molecular flexibility index (Phi) is 57.4. The SMILES string of the molecule is CCCCCCCCCCCCCCC(=O)OC[C@H](COP(=O)(O)OC[C@@H](O)COP(=O)(O)OC[C@@H](COC(=O)CCCCCCCCCC)OC(=O)CCCCCCCCCCC)OC(=O)CCCCCCCCCCCCCCC(C)C. The fourth-order valence-electron chi connectivity index (χ4n) is 9.76. The van der Waals surface area contributed by atoms with E-state index in [0.717, 1.165) is 102 Å². The number of ether oxygens (including phenoxy) is 4. The van der Waals surface area contributed by atoms with E-state index in [9.17, 15) is 43.2 Å². The molecule has 0 radical (unpaired) electrons. The predicted octanol–water partition coefficient (Wildman–Crippen LogP) is 18.2. The van der Waals surface area contributed by atoms with Crippen molar-refractivity contribution in [3.8, 4) is 0 Å². The minimum absolute atomic E-state index is 0.106. The topological polar surface area (TPSA) is 237 Å². The molecule has 0 saturated heterocycles. The summed E-state index contributed by atoms with van der Waals surface area (Å²) in [7, 11) is -9.88. The molecule has 5 atom stereocenters. The number of carbonyl (C=O) groups excluding carboxylic acids is 4. The van der Waals surface area contributed by atoms with Crippen molar-refractivity contribution in [2.75, 3.05) is 39.6 Å². The molecular weight excluding hydrogens is 1110 g/mol. The Hall–Kier alpha value is -1.94. The minimum Gasteiger partial charge on any atom is -0.462 e. The number of esters is 4. The van der Waals surface area contributed by atoms with Crippen LogP contribution in [0.5, 0.6) is 0 Å². The van der Waals surface area contributed by atoms with Gasteiger partial charge < -0.3 is 33.8 Å². The first-order valence-corrected chi connectivity index (χ1v) is 37.1. The Bertz CT molecular complexity index is 1640. The number of hydrogen-bond donors (Lipinski definition) is 3. The van der Waals surface area contributed by atoms with Crippen LogP contribution in [0.4, 0.5) is 0 Å². The molecule has 498 valence electrons. The summed E-state index contributed by atoms with van der Waals surface area (Å²) in [5.74, 6) is -1.36. The van der Waals surface area contributed by atoms with Gasteiger partial charge in [-0.25, -0.2) is 9.13 Å². The molecule has 0 bridgehead atoms. The molecule has 0 heterocycles. The molecule has 0 saturated carbocycles. The molecule has 0 rings (SSSR count). The van der Waals surface area contributed by atoms with Crippen LogP contribution in [0.1, 0.15) is 330 Å². The van der Waals surface area contributed by atoms with Crippen LogP contribution in [0.3, 0.4) is 0 Å². The van der Waals surface area contributed by atoms with Crippen LogP contribution in [0.15, 0.2) is 0 Å². The number of carbonyl (C=O) groups is 4. The zero-order valence-corrected chi connectivity index (χ0v) is 55.8. The Morgan fingerprint density at radius 3 is 0.810 bits per heavy atom. The summed E-state index contributed by atoms with van der Waals surface area (Å²) >= 11 is 0. The number of aliphatic hydroxyl groups is 1. The Morgan fingerprint density at radius 1 is 0.321 bits per heavy atom. The number of aliphatic hydroxyl groups excluding tert-OH is 1. The van der Waals surface area contributed by atoms with Crippen LogP contribution in [-0.4, -0.2) is 96.7 Å². The first-order chi connectivity index (χ1) is 40.5. The average Bonchev–Trinajstić information content (AvgIpc) is 3.49. The van der Waals surface area contributed by atoms with E-state index < -0.39 is 97.5 Å². The average molecular weight is 1240 g/mol. The Morgan fingerprint density at radius 2 is 0.548 bits per heavy atom. The highest BCUT2D eigenvalue weighted by Crippen LogP contribution is 2.45. The number of hydrogen-bond acceptors (Lipinski definition) is 15. The third-order valence-electron chi connectivity index (χ3n) is 15.0. The van der Waals surface area contributed by atoms with Crippen molar-refractivity contribution >= 4 is 39.5 Å². The van der Waals surface area contributed by atoms with Crippen molar-refractivity contribution < 1.29 is 80.2 Å². The van der Waals surface area contributed by atoms with Crippen LogP contribution >= 0.6 is 15.6 Å². The highest BCUT2D eigenvalue weighted by atomic mass is 31.2. The summed E-state index contributed by atoms with van der Waals surface area (Å²) in [5.41, 5.74) is 0. The quantitative estimate of drug-likeness (QED) is 0.0222. The standard InChI is InChI=1S/C65H126O17P2/c1-6-9-12-15-18-21-22-26-30-34-39-44-49-63(68)76-55-61(82-65(70)51-46-41-36-31-27-24-23-25-29-32-37-42-47-58(4)5)57-80-84(73,74)78-53-59(66)52-77-83(71,72)79-56-60(54-75-62(67)48-43-38-33-20-17-14-11-8-3)81-64(69)50-45-40-35-28-19-16-13-10-7-2/h58-61,66H,6-57H2,1-5H3,(H,71,72)(H,73,74)/t59-,60+,61+/m0/s1. The zero-order chi connectivity index (χ0) is 62.0. The van der Waals surface area contributed by atoms with Gasteiger partial charge in [-0.15, -0.1) is 0 Å². The second-order valence-corrected chi connectivity index (χ2v) is 26.9. The maximum absolute atomic E-state index is 13.0. The van der Waals surface area contributed by atoms with E-state index >= 15 is 0 Å². The third-order valence-corrected chi connectivity index (χ3v) is 16.9. The third kappa shape index (κ3) is 59.0. The second kappa shape index (κ2) is 58.7. The first kappa shape index (κ1) is 82.1. The highest BCUT2D eigenvalue weighted by molar-refractivity contribution is 7.47. The van der Waals surface area contributed by atoms with E-state index in [0.29, 0.717) is 25.7 Å². The molecule has 17 nitrogen and oxygen atoms in total. The van der Waals surface area contributed by atoms with Gasteiger partial charge in [0.15, 0.2) is 12.2 Å². The summed E-state index contributed by atoms with van der Waals surface area (Å²) in [4.78, 5) is 72.2. The van der Waals surface area contributed by atoms with E-state index in [1.807, 2.05) is 0 Å². The molecule has 0 aromatic carbocycles. The smallest absolute Gasteiger partial charge is 0.462 e. The van der Waals surface area contributed by atoms with Gasteiger partial charge in [0.2, 0.25) is 0 Å². The molecule has 3 N–H and O–H groups in total. The van der Waals surface area contributed by atoms with Gasteiger partial charge in [0.05, 0.1) is 26.4 Å². The first-order valence-electron chi connectivity index (χ1n) is 34.1. The van der Waals surface area contributed by atoms with Gasteiger partial charge in [-0.1, -0.05) is 279 Å². The van der Waals surface area contributed by atoms with Crippen LogP contribution in [-0.2, 0) is 65.4 Å². The van der Waals surface area contributed by atoms with E-state index in [1.54, 1.807) is 0 Å². The number of unbranched alkanes of at least 4 members (excludes halogenated alkanes) is 37. The normalized spacial score (nSPS) is 14.2. The summed E-state index contributed by atoms with van der Waals surface area (Å²) < 4.78 is 68.0. The molecule has 0 aromatic rings. The lowest BCUT2D eigenvalue weighted by Gasteiger charge is -2.21. The number of phosphoric ester groups is 2. The van der Waals surface area contributed by atoms with Gasteiger partial charge in [-0.3, -0.25) is 37.3 Å². The Balaban J connectivity index is 5.21. The molecule has 84 heavy (non-hydrogen) atoms. The lowest BCUT2D eigenvalue weighted by Crippen LogP contribution is -2.30. The molecular formula is C65H126O17P2. The lowest BCUT2D eigenvalue weighted by atomic mass is 10.0. The molecule has 0 aromatic heterocycles. The van der Waals surface area contributed by atoms with Crippen molar-refractivity contribution in [3.63, 3.8) is 0 Å². The van der Waals surface area contributed by atoms with E-state index in [2.05, 4.69) is 34.6 Å². The van der Waals surface area contributed by atoms with Crippen LogP contribution in [0.2, 0.25) is 0 Å². The monoisotopic (exact) mass is 1240 g/mol. The summed E-state index contributed by atoms with van der Waals surface area (Å²) in [5, 5.41) is 10.5. The van der Waals surface area contributed by atoms with Crippen molar-refractivity contribution in [2.24, 2.45) is 5.92 Å². The minimum atomic E-state index is -4.94. The van der Waals surface area contributed by atoms with Crippen LogP contribution in [0, 0.1) is 5.92 Å². The molecule has 0 spiro atoms. The van der Waals surface area contributed by atoms with Crippen molar-refractivity contribution in [1.29, 1.82) is 0 Å². The van der Waals surface area contributed by atoms with E-state index in [4.69, 9.17) is 37.0 Å². The van der Waals surface area contributed by atoms with Gasteiger partial charge >= 0.3 is 39.5 Å². The van der Waals surface area contributed by atoms with E-state index in [1.165, 1.54) is 148 Å². The van der Waals surface area contributed by atoms with E-state index in [-0.39, 0.29) is 25.7 Å². The zero-order valence-electron chi connectivity index (χ0n) is 54.0. The summed E-state index contributed by atoms with van der Waals surface area (Å²) in [6, 6.07) is 0. The fourth-order valence-corrected chi connectivity index (χ4v) is 11.3. The largest absolute Gasteiger partial charge is 0.472 e. The number of phosphoric acid groups is 2. The highest BCUT2D eigenvalue weighted by Gasteiger charge is 2.30. The molecule has 0 aliphatic heterocycles. The molecule has 0 aliphatic rings. The van der Waals surface area contributed by atoms with Gasteiger partial charge in [-0.05, 0) is 31.6 Å². The molecule has 2 unspecified atom stereocenters. The van der Waals surface area contributed by atoms with Crippen LogP contribution < -0.4 is 0 Å². The van der Waals surface area contributed by atoms with Crippen LogP contribution in [0.25, 0.3) is 0 Å². The molecule has 0 fully saturated rings. The number of rotatable bonds is 65. The second-order valence-electron chi connectivity index (χ2n) is 24.0.